The number of hydrogen-bond acceptors (Lipinski definition) is 3. The Hall–Kier alpha value is -2.39. The summed E-state index contributed by atoms with van der Waals surface area (Å²) in [6.45, 7) is 4.50. The number of hydrogen-bond donors (Lipinski definition) is 0. The minimum absolute atomic E-state index is 0.263. The highest BCUT2D eigenvalue weighted by Crippen LogP contribution is 2.17. The summed E-state index contributed by atoms with van der Waals surface area (Å²) in [7, 11) is 1.54. The Bertz CT molecular complexity index is 687. The van der Waals surface area contributed by atoms with E-state index in [1.54, 1.807) is 0 Å². The highest BCUT2D eigenvalue weighted by molar-refractivity contribution is 5.75. The van der Waals surface area contributed by atoms with Crippen molar-refractivity contribution < 1.29 is 14.3 Å². The molecule has 0 amide bonds. The number of benzene rings is 2. The topological polar surface area (TPSA) is 35.5 Å². The molecule has 0 saturated heterocycles. The molecule has 1 atom stereocenters. The summed E-state index contributed by atoms with van der Waals surface area (Å²) in [5.41, 5.74) is 4.48. The van der Waals surface area contributed by atoms with Crippen molar-refractivity contribution in [2.24, 2.45) is 0 Å². The van der Waals surface area contributed by atoms with E-state index in [2.05, 4.69) is 32.1 Å². The number of ether oxygens (including phenoxy) is 2. The van der Waals surface area contributed by atoms with E-state index in [9.17, 15) is 4.79 Å². The number of allylic oxidation sites excluding steroid dienone is 2. The first kappa shape index (κ1) is 18.9. The van der Waals surface area contributed by atoms with E-state index >= 15 is 0 Å². The van der Waals surface area contributed by atoms with Crippen molar-refractivity contribution in [2.75, 3.05) is 7.11 Å². The molecule has 0 heterocycles. The fourth-order valence-electron chi connectivity index (χ4n) is 2.63. The van der Waals surface area contributed by atoms with E-state index in [0.717, 1.165) is 17.5 Å². The average molecular weight is 338 g/mol. The molecule has 0 aliphatic rings. The maximum absolute atomic E-state index is 12.3. The third kappa shape index (κ3) is 5.87. The smallest absolute Gasteiger partial charge is 0.335 e. The maximum Gasteiger partial charge on any atom is 0.335 e. The second-order valence-electron chi connectivity index (χ2n) is 6.01. The molecule has 2 rings (SSSR count). The van der Waals surface area contributed by atoms with Gasteiger partial charge in [0.05, 0.1) is 0 Å². The van der Waals surface area contributed by atoms with Crippen molar-refractivity contribution in [3.8, 4) is 0 Å². The quantitative estimate of drug-likeness (QED) is 0.649. The average Bonchev–Trinajstić information content (AvgIpc) is 2.65. The summed E-state index contributed by atoms with van der Waals surface area (Å²) in [5, 5.41) is 0. The van der Waals surface area contributed by atoms with Gasteiger partial charge in [0.1, 0.15) is 6.61 Å². The van der Waals surface area contributed by atoms with E-state index < -0.39 is 6.10 Å². The molecule has 2 aromatic carbocycles. The normalized spacial score (nSPS) is 12.7. The Morgan fingerprint density at radius 1 is 1.04 bits per heavy atom. The first-order valence-electron chi connectivity index (χ1n) is 8.63. The van der Waals surface area contributed by atoms with Gasteiger partial charge in [0.15, 0.2) is 6.10 Å². The Morgan fingerprint density at radius 2 is 1.72 bits per heavy atom. The molecule has 2 aromatic rings. The van der Waals surface area contributed by atoms with Gasteiger partial charge < -0.3 is 9.47 Å². The third-order valence-corrected chi connectivity index (χ3v) is 4.11. The van der Waals surface area contributed by atoms with Crippen LogP contribution in [0.15, 0.2) is 60.7 Å². The van der Waals surface area contributed by atoms with E-state index in [1.165, 1.54) is 18.2 Å². The van der Waals surface area contributed by atoms with Gasteiger partial charge in [-0.15, -0.1) is 0 Å². The minimum Gasteiger partial charge on any atom is -0.459 e. The summed E-state index contributed by atoms with van der Waals surface area (Å²) < 4.78 is 10.7. The van der Waals surface area contributed by atoms with E-state index in [0.29, 0.717) is 6.42 Å². The highest BCUT2D eigenvalue weighted by Gasteiger charge is 2.20. The van der Waals surface area contributed by atoms with Crippen LogP contribution in [0.4, 0.5) is 0 Å². The second kappa shape index (κ2) is 9.80. The van der Waals surface area contributed by atoms with Crippen LogP contribution in [-0.4, -0.2) is 19.2 Å². The zero-order valence-electron chi connectivity index (χ0n) is 15.2. The van der Waals surface area contributed by atoms with Gasteiger partial charge >= 0.3 is 5.97 Å². The molecule has 0 aliphatic heterocycles. The van der Waals surface area contributed by atoms with Gasteiger partial charge in [-0.3, -0.25) is 0 Å². The Balaban J connectivity index is 1.94. The molecule has 0 saturated carbocycles. The number of carbonyl (C=O) groups is 1. The van der Waals surface area contributed by atoms with Crippen LogP contribution in [0.1, 0.15) is 37.0 Å². The van der Waals surface area contributed by atoms with Gasteiger partial charge in [0.2, 0.25) is 0 Å². The van der Waals surface area contributed by atoms with Crippen molar-refractivity contribution in [1.29, 1.82) is 0 Å². The number of esters is 1. The summed E-state index contributed by atoms with van der Waals surface area (Å²) in [4.78, 5) is 12.3. The largest absolute Gasteiger partial charge is 0.459 e. The monoisotopic (exact) mass is 338 g/mol. The summed E-state index contributed by atoms with van der Waals surface area (Å²) in [5.74, 6) is -0.336. The van der Waals surface area contributed by atoms with Crippen LogP contribution in [-0.2, 0) is 27.3 Å². The summed E-state index contributed by atoms with van der Waals surface area (Å²) >= 11 is 0. The standard InChI is InChI=1S/C22H26O3/c1-4-8-17(2)20-13-11-18(12-14-20)15-21(24-3)22(23)25-16-19-9-6-5-7-10-19/h5-14,21H,4,15-16H2,1-3H3/b17-8+. The first-order chi connectivity index (χ1) is 12.1. The fourth-order valence-corrected chi connectivity index (χ4v) is 2.63. The van der Waals surface area contributed by atoms with Crippen LogP contribution in [0, 0.1) is 0 Å². The van der Waals surface area contributed by atoms with Crippen LogP contribution in [0.25, 0.3) is 5.57 Å². The van der Waals surface area contributed by atoms with E-state index in [1.807, 2.05) is 42.5 Å². The van der Waals surface area contributed by atoms with Crippen molar-refractivity contribution >= 4 is 11.5 Å². The minimum atomic E-state index is -0.596. The maximum atomic E-state index is 12.3. The zero-order valence-corrected chi connectivity index (χ0v) is 15.2. The van der Waals surface area contributed by atoms with Crippen LogP contribution in [0.5, 0.6) is 0 Å². The van der Waals surface area contributed by atoms with Gasteiger partial charge in [-0.25, -0.2) is 4.79 Å². The SMILES string of the molecule is CC/C=C(\C)c1ccc(CC(OC)C(=O)OCc2ccccc2)cc1. The second-order valence-corrected chi connectivity index (χ2v) is 6.01. The molecule has 25 heavy (non-hydrogen) atoms. The van der Waals surface area contributed by atoms with Crippen LogP contribution >= 0.6 is 0 Å². The molecule has 0 fully saturated rings. The van der Waals surface area contributed by atoms with Gasteiger partial charge in [-0.2, -0.15) is 0 Å². The van der Waals surface area contributed by atoms with Crippen molar-refractivity contribution in [2.45, 2.75) is 39.4 Å². The zero-order chi connectivity index (χ0) is 18.1. The lowest BCUT2D eigenvalue weighted by atomic mass is 10.0. The highest BCUT2D eigenvalue weighted by atomic mass is 16.6. The molecule has 0 N–H and O–H groups in total. The predicted molar refractivity (Wildman–Crippen MR) is 101 cm³/mol. The van der Waals surface area contributed by atoms with Crippen LogP contribution in [0.2, 0.25) is 0 Å². The van der Waals surface area contributed by atoms with E-state index in [-0.39, 0.29) is 12.6 Å². The van der Waals surface area contributed by atoms with Crippen molar-refractivity contribution in [1.82, 2.24) is 0 Å². The Morgan fingerprint density at radius 3 is 2.32 bits per heavy atom. The first-order valence-corrected chi connectivity index (χ1v) is 8.63. The van der Waals surface area contributed by atoms with E-state index in [4.69, 9.17) is 9.47 Å². The Labute approximate surface area is 150 Å². The molecule has 1 unspecified atom stereocenters. The number of rotatable bonds is 8. The molecule has 0 spiro atoms. The third-order valence-electron chi connectivity index (χ3n) is 4.11. The number of carbonyl (C=O) groups excluding carboxylic acids is 1. The van der Waals surface area contributed by atoms with Gasteiger partial charge in [0, 0.05) is 13.5 Å². The molecule has 3 nitrogen and oxygen atoms in total. The molecule has 0 aliphatic carbocycles. The van der Waals surface area contributed by atoms with Crippen LogP contribution in [0.3, 0.4) is 0 Å². The van der Waals surface area contributed by atoms with Crippen LogP contribution < -0.4 is 0 Å². The molecular formula is C22H26O3. The molecule has 3 heteroatoms. The van der Waals surface area contributed by atoms with Gasteiger partial charge in [0.25, 0.3) is 0 Å². The lowest BCUT2D eigenvalue weighted by molar-refractivity contribution is -0.156. The lowest BCUT2D eigenvalue weighted by Gasteiger charge is -2.15. The molecule has 0 radical (unpaired) electrons. The van der Waals surface area contributed by atoms with Gasteiger partial charge in [-0.05, 0) is 35.6 Å². The molecule has 0 aromatic heterocycles. The molecular weight excluding hydrogens is 312 g/mol. The van der Waals surface area contributed by atoms with Gasteiger partial charge in [-0.1, -0.05) is 67.6 Å². The molecule has 0 bridgehead atoms. The predicted octanol–water partition coefficient (Wildman–Crippen LogP) is 4.80. The fraction of sp³-hybridized carbons (Fsp3) is 0.318. The molecule has 132 valence electrons. The Kier molecular flexibility index (Phi) is 7.42. The summed E-state index contributed by atoms with van der Waals surface area (Å²) in [6, 6.07) is 17.9. The summed E-state index contributed by atoms with van der Waals surface area (Å²) in [6.07, 6.45) is 3.13. The van der Waals surface area contributed by atoms with Crippen molar-refractivity contribution in [3.05, 3.63) is 77.4 Å². The lowest BCUT2D eigenvalue weighted by Crippen LogP contribution is -2.27. The number of methoxy groups -OCH3 is 1. The van der Waals surface area contributed by atoms with Crippen molar-refractivity contribution in [3.63, 3.8) is 0 Å².